The molecule has 0 saturated heterocycles. The van der Waals surface area contributed by atoms with Crippen molar-refractivity contribution in [2.24, 2.45) is 0 Å². The number of anilines is 1. The van der Waals surface area contributed by atoms with Gasteiger partial charge in [-0.05, 0) is 25.1 Å². The molecular weight excluding hydrogens is 230 g/mol. The Morgan fingerprint density at radius 2 is 2.11 bits per heavy atom. The van der Waals surface area contributed by atoms with Crippen molar-refractivity contribution in [3.63, 3.8) is 0 Å². The van der Waals surface area contributed by atoms with Crippen LogP contribution in [-0.4, -0.2) is 22.6 Å². The van der Waals surface area contributed by atoms with Crippen molar-refractivity contribution in [1.82, 2.24) is 9.55 Å². The summed E-state index contributed by atoms with van der Waals surface area (Å²) in [5, 5.41) is 2.80. The summed E-state index contributed by atoms with van der Waals surface area (Å²) in [4.78, 5) is 16.0. The first-order chi connectivity index (χ1) is 8.70. The van der Waals surface area contributed by atoms with Gasteiger partial charge in [0, 0.05) is 18.5 Å². The molecule has 1 N–H and O–H groups in total. The van der Waals surface area contributed by atoms with Crippen molar-refractivity contribution >= 4 is 11.6 Å². The molecule has 0 unspecified atom stereocenters. The van der Waals surface area contributed by atoms with Crippen LogP contribution in [0.25, 0.3) is 0 Å². The Morgan fingerprint density at radius 1 is 1.39 bits per heavy atom. The van der Waals surface area contributed by atoms with Gasteiger partial charge in [-0.2, -0.15) is 0 Å². The van der Waals surface area contributed by atoms with Crippen molar-refractivity contribution in [2.45, 2.75) is 13.0 Å². The first-order valence-corrected chi connectivity index (χ1v) is 5.64. The lowest BCUT2D eigenvalue weighted by atomic mass is 10.3. The standard InChI is InChI=1S/C13H15N3O2/c1-10(16-7-3-4-8-16)13(17)15-11-5-6-12(18-2)14-9-11/h3-10H,1-2H3,(H,15,17)/t10-/m0/s1. The van der Waals surface area contributed by atoms with E-state index in [9.17, 15) is 4.79 Å². The van der Waals surface area contributed by atoms with Crippen molar-refractivity contribution in [3.05, 3.63) is 42.9 Å². The summed E-state index contributed by atoms with van der Waals surface area (Å²) in [5.74, 6) is 0.435. The number of rotatable bonds is 4. The Bertz CT molecular complexity index is 506. The molecule has 2 aromatic heterocycles. The molecule has 0 spiro atoms. The summed E-state index contributed by atoms with van der Waals surface area (Å²) in [7, 11) is 1.55. The highest BCUT2D eigenvalue weighted by atomic mass is 16.5. The third-order valence-corrected chi connectivity index (χ3v) is 2.67. The number of methoxy groups -OCH3 is 1. The van der Waals surface area contributed by atoms with Gasteiger partial charge >= 0.3 is 0 Å². The maximum Gasteiger partial charge on any atom is 0.247 e. The maximum atomic E-state index is 12.0. The molecule has 1 amide bonds. The second kappa shape index (κ2) is 5.35. The van der Waals surface area contributed by atoms with Crippen LogP contribution in [0.15, 0.2) is 42.9 Å². The number of carbonyl (C=O) groups is 1. The molecule has 2 rings (SSSR count). The van der Waals surface area contributed by atoms with Gasteiger partial charge in [0.2, 0.25) is 11.8 Å². The lowest BCUT2D eigenvalue weighted by molar-refractivity contribution is -0.118. The van der Waals surface area contributed by atoms with E-state index in [1.807, 2.05) is 36.0 Å². The van der Waals surface area contributed by atoms with Crippen LogP contribution in [0.2, 0.25) is 0 Å². The summed E-state index contributed by atoms with van der Waals surface area (Å²) in [6, 6.07) is 6.97. The van der Waals surface area contributed by atoms with Gasteiger partial charge in [0.1, 0.15) is 6.04 Å². The molecule has 0 fully saturated rings. The molecule has 2 aromatic rings. The van der Waals surface area contributed by atoms with Crippen LogP contribution in [0.4, 0.5) is 5.69 Å². The monoisotopic (exact) mass is 245 g/mol. The zero-order valence-electron chi connectivity index (χ0n) is 10.3. The summed E-state index contributed by atoms with van der Waals surface area (Å²) < 4.78 is 6.79. The Kier molecular flexibility index (Phi) is 3.62. The Balaban J connectivity index is 2.02. The largest absolute Gasteiger partial charge is 0.481 e. The Labute approximate surface area is 105 Å². The number of nitrogens with zero attached hydrogens (tertiary/aromatic N) is 2. The fourth-order valence-electron chi connectivity index (χ4n) is 1.56. The summed E-state index contributed by atoms with van der Waals surface area (Å²) in [6.07, 6.45) is 5.28. The van der Waals surface area contributed by atoms with Crippen LogP contribution in [0, 0.1) is 0 Å². The average molecular weight is 245 g/mol. The summed E-state index contributed by atoms with van der Waals surface area (Å²) in [6.45, 7) is 1.84. The second-order valence-electron chi connectivity index (χ2n) is 3.88. The minimum atomic E-state index is -0.262. The number of amides is 1. The molecule has 0 aromatic carbocycles. The van der Waals surface area contributed by atoms with E-state index in [0.717, 1.165) is 0 Å². The van der Waals surface area contributed by atoms with E-state index in [2.05, 4.69) is 10.3 Å². The topological polar surface area (TPSA) is 56.1 Å². The fourth-order valence-corrected chi connectivity index (χ4v) is 1.56. The van der Waals surface area contributed by atoms with Gasteiger partial charge in [0.25, 0.3) is 0 Å². The zero-order valence-corrected chi connectivity index (χ0v) is 10.3. The van der Waals surface area contributed by atoms with Gasteiger partial charge in [-0.1, -0.05) is 0 Å². The SMILES string of the molecule is COc1ccc(NC(=O)[C@H](C)n2cccc2)cn1. The molecule has 5 nitrogen and oxygen atoms in total. The number of aromatic nitrogens is 2. The van der Waals surface area contributed by atoms with Gasteiger partial charge in [-0.15, -0.1) is 0 Å². The molecule has 0 aliphatic heterocycles. The molecule has 2 heterocycles. The minimum absolute atomic E-state index is 0.0850. The highest BCUT2D eigenvalue weighted by Gasteiger charge is 2.13. The molecule has 5 heteroatoms. The lowest BCUT2D eigenvalue weighted by Gasteiger charge is -2.13. The number of pyridine rings is 1. The molecule has 94 valence electrons. The van der Waals surface area contributed by atoms with Crippen molar-refractivity contribution in [3.8, 4) is 5.88 Å². The van der Waals surface area contributed by atoms with Gasteiger partial charge in [-0.25, -0.2) is 4.98 Å². The second-order valence-corrected chi connectivity index (χ2v) is 3.88. The predicted molar refractivity (Wildman–Crippen MR) is 68.6 cm³/mol. The minimum Gasteiger partial charge on any atom is -0.481 e. The van der Waals surface area contributed by atoms with Crippen LogP contribution in [-0.2, 0) is 4.79 Å². The molecule has 0 radical (unpaired) electrons. The Hall–Kier alpha value is -2.30. The zero-order chi connectivity index (χ0) is 13.0. The number of nitrogens with one attached hydrogen (secondary N) is 1. The van der Waals surface area contributed by atoms with E-state index in [1.54, 1.807) is 25.4 Å². The predicted octanol–water partition coefficient (Wildman–Crippen LogP) is 2.09. The van der Waals surface area contributed by atoms with Crippen LogP contribution in [0.1, 0.15) is 13.0 Å². The van der Waals surface area contributed by atoms with Crippen molar-refractivity contribution < 1.29 is 9.53 Å². The molecular formula is C13H15N3O2. The van der Waals surface area contributed by atoms with E-state index < -0.39 is 0 Å². The summed E-state index contributed by atoms with van der Waals surface area (Å²) >= 11 is 0. The van der Waals surface area contributed by atoms with E-state index in [1.165, 1.54) is 0 Å². The molecule has 0 bridgehead atoms. The first-order valence-electron chi connectivity index (χ1n) is 5.64. The van der Waals surface area contributed by atoms with Crippen molar-refractivity contribution in [1.29, 1.82) is 0 Å². The van der Waals surface area contributed by atoms with Gasteiger partial charge in [0.05, 0.1) is 19.0 Å². The van der Waals surface area contributed by atoms with Gasteiger partial charge in [-0.3, -0.25) is 4.79 Å². The molecule has 0 aliphatic carbocycles. The van der Waals surface area contributed by atoms with Gasteiger partial charge in [0.15, 0.2) is 0 Å². The van der Waals surface area contributed by atoms with E-state index in [4.69, 9.17) is 4.74 Å². The molecule has 18 heavy (non-hydrogen) atoms. The highest BCUT2D eigenvalue weighted by Crippen LogP contribution is 2.14. The quantitative estimate of drug-likeness (QED) is 0.897. The Morgan fingerprint density at radius 3 is 2.67 bits per heavy atom. The number of hydrogen-bond acceptors (Lipinski definition) is 3. The maximum absolute atomic E-state index is 12.0. The van der Waals surface area contributed by atoms with E-state index in [-0.39, 0.29) is 11.9 Å². The van der Waals surface area contributed by atoms with Crippen molar-refractivity contribution in [2.75, 3.05) is 12.4 Å². The number of ether oxygens (including phenoxy) is 1. The normalized spacial score (nSPS) is 11.9. The molecule has 1 atom stereocenters. The molecule has 0 saturated carbocycles. The highest BCUT2D eigenvalue weighted by molar-refractivity contribution is 5.93. The number of hydrogen-bond donors (Lipinski definition) is 1. The fraction of sp³-hybridized carbons (Fsp3) is 0.231. The van der Waals surface area contributed by atoms with Crippen LogP contribution < -0.4 is 10.1 Å². The van der Waals surface area contributed by atoms with E-state index >= 15 is 0 Å². The number of carbonyl (C=O) groups excluding carboxylic acids is 1. The van der Waals surface area contributed by atoms with Gasteiger partial charge < -0.3 is 14.6 Å². The van der Waals surface area contributed by atoms with E-state index in [0.29, 0.717) is 11.6 Å². The average Bonchev–Trinajstić information content (AvgIpc) is 2.92. The third kappa shape index (κ3) is 2.68. The van der Waals surface area contributed by atoms with Crippen LogP contribution in [0.5, 0.6) is 5.88 Å². The lowest BCUT2D eigenvalue weighted by Crippen LogP contribution is -2.22. The van der Waals surface area contributed by atoms with Crippen LogP contribution in [0.3, 0.4) is 0 Å². The molecule has 0 aliphatic rings. The third-order valence-electron chi connectivity index (χ3n) is 2.67. The summed E-state index contributed by atoms with van der Waals surface area (Å²) in [5.41, 5.74) is 0.653. The van der Waals surface area contributed by atoms with Crippen LogP contribution >= 0.6 is 0 Å². The first kappa shape index (κ1) is 12.2. The smallest absolute Gasteiger partial charge is 0.247 e.